The maximum absolute atomic E-state index is 13.4. The summed E-state index contributed by atoms with van der Waals surface area (Å²) in [7, 11) is 0. The first kappa shape index (κ1) is 23.8. The number of para-hydroxylation sites is 1. The van der Waals surface area contributed by atoms with Gasteiger partial charge in [0.05, 0.1) is 15.2 Å². The minimum Gasteiger partial charge on any atom is -0.266 e. The van der Waals surface area contributed by atoms with Crippen molar-refractivity contribution in [2.75, 3.05) is 0 Å². The average molecular weight is 566 g/mol. The first-order valence-corrected chi connectivity index (χ1v) is 13.6. The molecule has 0 fully saturated rings. The number of benzene rings is 4. The second-order valence-corrected chi connectivity index (χ2v) is 10.8. The van der Waals surface area contributed by atoms with Crippen LogP contribution in [0.2, 0.25) is 10.0 Å². The molecule has 3 heterocycles. The maximum atomic E-state index is 13.4. The first-order valence-electron chi connectivity index (χ1n) is 12.0. The zero-order valence-electron chi connectivity index (χ0n) is 20.1. The zero-order valence-corrected chi connectivity index (χ0v) is 22.5. The van der Waals surface area contributed by atoms with Gasteiger partial charge in [0.15, 0.2) is 5.82 Å². The van der Waals surface area contributed by atoms with Crippen LogP contribution in [0.5, 0.6) is 0 Å². The number of aromatic nitrogens is 5. The molecule has 0 aliphatic carbocycles. The van der Waals surface area contributed by atoms with Crippen LogP contribution in [0.4, 0.5) is 0 Å². The van der Waals surface area contributed by atoms with Crippen molar-refractivity contribution in [1.29, 1.82) is 0 Å². The van der Waals surface area contributed by atoms with Gasteiger partial charge in [-0.2, -0.15) is 14.6 Å². The summed E-state index contributed by atoms with van der Waals surface area (Å²) in [4.78, 5) is 18.4. The molecule has 0 saturated carbocycles. The Morgan fingerprint density at radius 3 is 2.41 bits per heavy atom. The highest BCUT2D eigenvalue weighted by atomic mass is 35.5. The van der Waals surface area contributed by atoms with Crippen LogP contribution in [0.3, 0.4) is 0 Å². The van der Waals surface area contributed by atoms with Gasteiger partial charge >= 0.3 is 0 Å². The zero-order chi connectivity index (χ0) is 26.5. The van der Waals surface area contributed by atoms with Crippen molar-refractivity contribution in [2.45, 2.75) is 0 Å². The lowest BCUT2D eigenvalue weighted by Gasteiger charge is -2.03. The van der Waals surface area contributed by atoms with E-state index in [1.165, 1.54) is 15.9 Å². The molecule has 0 unspecified atom stereocenters. The highest BCUT2D eigenvalue weighted by Crippen LogP contribution is 2.30. The van der Waals surface area contributed by atoms with E-state index in [4.69, 9.17) is 28.3 Å². The second-order valence-electron chi connectivity index (χ2n) is 8.94. The molecule has 0 saturated heterocycles. The van der Waals surface area contributed by atoms with Crippen LogP contribution in [0.25, 0.3) is 50.1 Å². The van der Waals surface area contributed by atoms with Crippen molar-refractivity contribution in [3.63, 3.8) is 0 Å². The summed E-state index contributed by atoms with van der Waals surface area (Å²) in [5, 5.41) is 12.6. The number of thiazole rings is 1. The molecular weight excluding hydrogens is 549 g/mol. The predicted octanol–water partition coefficient (Wildman–Crippen LogP) is 6.68. The van der Waals surface area contributed by atoms with E-state index < -0.39 is 0 Å². The fourth-order valence-corrected chi connectivity index (χ4v) is 5.92. The highest BCUT2D eigenvalue weighted by molar-refractivity contribution is 7.15. The van der Waals surface area contributed by atoms with Gasteiger partial charge < -0.3 is 0 Å². The topological polar surface area (TPSA) is 65.1 Å². The van der Waals surface area contributed by atoms with E-state index in [1.807, 2.05) is 59.4 Å². The summed E-state index contributed by atoms with van der Waals surface area (Å²) >= 11 is 13.6. The third kappa shape index (κ3) is 4.30. The lowest BCUT2D eigenvalue weighted by Crippen LogP contribution is -2.23. The Kier molecular flexibility index (Phi) is 5.77. The molecule has 188 valence electrons. The van der Waals surface area contributed by atoms with E-state index in [-0.39, 0.29) is 5.56 Å². The van der Waals surface area contributed by atoms with Gasteiger partial charge in [-0.15, -0.1) is 5.10 Å². The van der Waals surface area contributed by atoms with E-state index in [0.29, 0.717) is 30.9 Å². The molecule has 0 amide bonds. The minimum absolute atomic E-state index is 0.254. The van der Waals surface area contributed by atoms with E-state index in [2.05, 4.69) is 40.4 Å². The van der Waals surface area contributed by atoms with Crippen LogP contribution in [0.1, 0.15) is 5.56 Å². The largest absolute Gasteiger partial charge is 0.291 e. The van der Waals surface area contributed by atoms with Gasteiger partial charge in [-0.1, -0.05) is 89.1 Å². The second kappa shape index (κ2) is 9.47. The van der Waals surface area contributed by atoms with Gasteiger partial charge in [-0.25, -0.2) is 4.68 Å². The monoisotopic (exact) mass is 565 g/mol. The SMILES string of the molecule is O=c1c(=Cc2cn(-c3ccccc3)nc2-c2ccc3ccccc3c2)sc2nc(-c3ccc(Cl)cc3Cl)nn12. The molecule has 7 aromatic rings. The summed E-state index contributed by atoms with van der Waals surface area (Å²) in [5.74, 6) is 0.375. The molecule has 3 aromatic heterocycles. The quantitative estimate of drug-likeness (QED) is 0.239. The number of rotatable bonds is 4. The third-order valence-corrected chi connectivity index (χ3v) is 7.93. The molecular formula is C30H17Cl2N5OS. The molecule has 0 radical (unpaired) electrons. The minimum atomic E-state index is -0.254. The Bertz CT molecular complexity index is 2130. The van der Waals surface area contributed by atoms with Crippen molar-refractivity contribution in [2.24, 2.45) is 0 Å². The van der Waals surface area contributed by atoms with Gasteiger partial charge in [0.25, 0.3) is 5.56 Å². The molecule has 7 rings (SSSR count). The molecule has 0 aliphatic rings. The van der Waals surface area contributed by atoms with Crippen LogP contribution >= 0.6 is 34.5 Å². The molecule has 39 heavy (non-hydrogen) atoms. The summed E-state index contributed by atoms with van der Waals surface area (Å²) in [6, 6.07) is 29.4. The summed E-state index contributed by atoms with van der Waals surface area (Å²) in [6.07, 6.45) is 3.80. The summed E-state index contributed by atoms with van der Waals surface area (Å²) in [5.41, 5.74) is 3.84. The molecule has 9 heteroatoms. The number of hydrogen-bond acceptors (Lipinski definition) is 5. The van der Waals surface area contributed by atoms with Gasteiger partial charge in [0.2, 0.25) is 4.96 Å². The van der Waals surface area contributed by atoms with Gasteiger partial charge in [-0.3, -0.25) is 4.79 Å². The van der Waals surface area contributed by atoms with E-state index in [0.717, 1.165) is 33.3 Å². The number of fused-ring (bicyclic) bond motifs is 2. The molecule has 0 atom stereocenters. The lowest BCUT2D eigenvalue weighted by molar-refractivity contribution is 0.884. The number of halogens is 2. The molecule has 4 aromatic carbocycles. The van der Waals surface area contributed by atoms with Gasteiger partial charge in [0, 0.05) is 27.9 Å². The standard InChI is InChI=1S/C30H17Cl2N5OS/c31-22-12-13-24(25(32)16-22)28-33-30-37(35-28)29(38)26(39-30)15-21-17-36(23-8-2-1-3-9-23)34-27(21)20-11-10-18-6-4-5-7-19(18)14-20/h1-17H. The Hall–Kier alpha value is -4.30. The molecule has 0 bridgehead atoms. The van der Waals surface area contributed by atoms with Gasteiger partial charge in [-0.05, 0) is 53.2 Å². The Morgan fingerprint density at radius 2 is 1.62 bits per heavy atom. The maximum Gasteiger partial charge on any atom is 0.291 e. The van der Waals surface area contributed by atoms with E-state index in [1.54, 1.807) is 18.2 Å². The van der Waals surface area contributed by atoms with Crippen molar-refractivity contribution >= 4 is 56.3 Å². The van der Waals surface area contributed by atoms with Crippen LogP contribution in [0, 0.1) is 0 Å². The van der Waals surface area contributed by atoms with Crippen molar-refractivity contribution in [3.8, 4) is 28.3 Å². The van der Waals surface area contributed by atoms with Crippen molar-refractivity contribution in [1.82, 2.24) is 24.4 Å². The van der Waals surface area contributed by atoms with Gasteiger partial charge in [0.1, 0.15) is 5.69 Å². The van der Waals surface area contributed by atoms with Crippen LogP contribution < -0.4 is 10.1 Å². The third-order valence-electron chi connectivity index (χ3n) is 6.43. The Morgan fingerprint density at radius 1 is 0.821 bits per heavy atom. The average Bonchev–Trinajstić information content (AvgIpc) is 3.64. The van der Waals surface area contributed by atoms with Crippen LogP contribution in [-0.4, -0.2) is 24.4 Å². The Labute approximate surface area is 236 Å². The smallest absolute Gasteiger partial charge is 0.266 e. The summed E-state index contributed by atoms with van der Waals surface area (Å²) < 4.78 is 3.65. The van der Waals surface area contributed by atoms with Crippen molar-refractivity contribution < 1.29 is 0 Å². The predicted molar refractivity (Wildman–Crippen MR) is 158 cm³/mol. The molecule has 0 spiro atoms. The van der Waals surface area contributed by atoms with E-state index >= 15 is 0 Å². The first-order chi connectivity index (χ1) is 19.0. The molecule has 0 aliphatic heterocycles. The Balaban J connectivity index is 1.38. The molecule has 0 N–H and O–H groups in total. The highest BCUT2D eigenvalue weighted by Gasteiger charge is 2.16. The lowest BCUT2D eigenvalue weighted by atomic mass is 10.0. The fraction of sp³-hybridized carbons (Fsp3) is 0. The number of hydrogen-bond donors (Lipinski definition) is 0. The fourth-order valence-electron chi connectivity index (χ4n) is 4.53. The van der Waals surface area contributed by atoms with E-state index in [9.17, 15) is 4.79 Å². The van der Waals surface area contributed by atoms with Crippen molar-refractivity contribution in [3.05, 3.63) is 128 Å². The number of nitrogens with zero attached hydrogens (tertiary/aromatic N) is 5. The van der Waals surface area contributed by atoms with Crippen LogP contribution in [-0.2, 0) is 0 Å². The molecule has 6 nitrogen and oxygen atoms in total. The summed E-state index contributed by atoms with van der Waals surface area (Å²) in [6.45, 7) is 0. The van der Waals surface area contributed by atoms with Crippen LogP contribution in [0.15, 0.2) is 102 Å². The normalized spacial score (nSPS) is 12.1.